The maximum absolute atomic E-state index is 11.4. The summed E-state index contributed by atoms with van der Waals surface area (Å²) in [6, 6.07) is 9.98. The third kappa shape index (κ3) is 7.36. The van der Waals surface area contributed by atoms with Gasteiger partial charge in [-0.2, -0.15) is 0 Å². The lowest BCUT2D eigenvalue weighted by atomic mass is 10.2. The van der Waals surface area contributed by atoms with Gasteiger partial charge in [-0.05, 0) is 18.9 Å². The third-order valence-corrected chi connectivity index (χ3v) is 2.60. The lowest BCUT2D eigenvalue weighted by molar-refractivity contribution is -0.144. The predicted molar refractivity (Wildman–Crippen MR) is 79.0 cm³/mol. The summed E-state index contributed by atoms with van der Waals surface area (Å²) in [6.45, 7) is 2.67. The molecule has 108 valence electrons. The van der Waals surface area contributed by atoms with Crippen LogP contribution in [-0.2, 0) is 14.3 Å². The minimum Gasteiger partial charge on any atom is -0.466 e. The van der Waals surface area contributed by atoms with Gasteiger partial charge in [0, 0.05) is 13.0 Å². The molecule has 4 nitrogen and oxygen atoms in total. The van der Waals surface area contributed by atoms with Crippen molar-refractivity contribution in [3.8, 4) is 0 Å². The molecule has 0 aromatic heterocycles. The van der Waals surface area contributed by atoms with Crippen molar-refractivity contribution in [2.24, 2.45) is 0 Å². The van der Waals surface area contributed by atoms with E-state index in [0.29, 0.717) is 13.2 Å². The van der Waals surface area contributed by atoms with E-state index in [9.17, 15) is 9.59 Å². The molecule has 0 atom stereocenters. The Kier molecular flexibility index (Phi) is 7.80. The highest BCUT2D eigenvalue weighted by Gasteiger charge is 2.06. The molecule has 1 aromatic rings. The first-order chi connectivity index (χ1) is 9.72. The normalized spacial score (nSPS) is 10.4. The fourth-order valence-electron chi connectivity index (χ4n) is 1.62. The third-order valence-electron chi connectivity index (χ3n) is 2.60. The van der Waals surface area contributed by atoms with Gasteiger partial charge < -0.3 is 10.1 Å². The van der Waals surface area contributed by atoms with E-state index in [0.717, 1.165) is 12.0 Å². The van der Waals surface area contributed by atoms with Crippen molar-refractivity contribution in [3.63, 3.8) is 0 Å². The number of carbonyl (C=O) groups excluding carboxylic acids is 2. The van der Waals surface area contributed by atoms with Crippen molar-refractivity contribution in [2.45, 2.75) is 26.2 Å². The van der Waals surface area contributed by atoms with Crippen LogP contribution in [0.3, 0.4) is 0 Å². The summed E-state index contributed by atoms with van der Waals surface area (Å²) in [5.41, 5.74) is 1.14. The smallest absolute Gasteiger partial charge is 0.306 e. The maximum Gasteiger partial charge on any atom is 0.306 e. The van der Waals surface area contributed by atoms with Crippen LogP contribution in [0.25, 0.3) is 6.08 Å². The minimum atomic E-state index is -0.327. The SMILES string of the molecule is CCOC(=O)CCC(=O)NCC/C=C/c1ccccc1. The Morgan fingerprint density at radius 2 is 1.95 bits per heavy atom. The summed E-state index contributed by atoms with van der Waals surface area (Å²) in [5.74, 6) is -0.446. The van der Waals surface area contributed by atoms with E-state index < -0.39 is 0 Å². The Hall–Kier alpha value is -2.10. The van der Waals surface area contributed by atoms with Crippen LogP contribution < -0.4 is 5.32 Å². The predicted octanol–water partition coefficient (Wildman–Crippen LogP) is 2.55. The molecule has 0 aliphatic carbocycles. The van der Waals surface area contributed by atoms with Crippen LogP contribution in [0.4, 0.5) is 0 Å². The molecule has 0 fully saturated rings. The Balaban J connectivity index is 2.10. The minimum absolute atomic E-state index is 0.119. The van der Waals surface area contributed by atoms with Crippen LogP contribution in [0.5, 0.6) is 0 Å². The van der Waals surface area contributed by atoms with E-state index >= 15 is 0 Å². The Morgan fingerprint density at radius 3 is 2.65 bits per heavy atom. The molecule has 0 bridgehead atoms. The molecule has 0 unspecified atom stereocenters. The zero-order chi connectivity index (χ0) is 14.6. The largest absolute Gasteiger partial charge is 0.466 e. The number of ether oxygens (including phenoxy) is 1. The molecule has 1 amide bonds. The van der Waals surface area contributed by atoms with Crippen LogP contribution in [-0.4, -0.2) is 25.0 Å². The number of esters is 1. The van der Waals surface area contributed by atoms with Gasteiger partial charge in [-0.15, -0.1) is 0 Å². The summed E-state index contributed by atoms with van der Waals surface area (Å²) in [5, 5.41) is 2.77. The molecule has 1 aromatic carbocycles. The molecule has 1 rings (SSSR count). The van der Waals surface area contributed by atoms with Crippen molar-refractivity contribution in [3.05, 3.63) is 42.0 Å². The monoisotopic (exact) mass is 275 g/mol. The highest BCUT2D eigenvalue weighted by Crippen LogP contribution is 2.01. The molecule has 4 heteroatoms. The highest BCUT2D eigenvalue weighted by atomic mass is 16.5. The topological polar surface area (TPSA) is 55.4 Å². The van der Waals surface area contributed by atoms with Crippen LogP contribution in [0.15, 0.2) is 36.4 Å². The first-order valence-corrected chi connectivity index (χ1v) is 6.86. The second-order valence-electron chi connectivity index (χ2n) is 4.26. The molecule has 0 aliphatic heterocycles. The zero-order valence-electron chi connectivity index (χ0n) is 11.8. The van der Waals surface area contributed by atoms with Crippen LogP contribution in [0, 0.1) is 0 Å². The van der Waals surface area contributed by atoms with Gasteiger partial charge in [0.2, 0.25) is 5.91 Å². The van der Waals surface area contributed by atoms with E-state index in [1.54, 1.807) is 6.92 Å². The molecule has 1 N–H and O–H groups in total. The maximum atomic E-state index is 11.4. The standard InChI is InChI=1S/C16H21NO3/c1-2-20-16(19)12-11-15(18)17-13-7-6-10-14-8-4-3-5-9-14/h3-6,8-10H,2,7,11-13H2,1H3,(H,17,18)/b10-6+. The number of rotatable bonds is 8. The van der Waals surface area contributed by atoms with Gasteiger partial charge >= 0.3 is 5.97 Å². The summed E-state index contributed by atoms with van der Waals surface area (Å²) in [7, 11) is 0. The van der Waals surface area contributed by atoms with E-state index in [-0.39, 0.29) is 24.7 Å². The average molecular weight is 275 g/mol. The summed E-state index contributed by atoms with van der Waals surface area (Å²) in [4.78, 5) is 22.5. The van der Waals surface area contributed by atoms with Crippen LogP contribution in [0.1, 0.15) is 31.7 Å². The van der Waals surface area contributed by atoms with Crippen molar-refractivity contribution < 1.29 is 14.3 Å². The van der Waals surface area contributed by atoms with Crippen LogP contribution in [0.2, 0.25) is 0 Å². The fraction of sp³-hybridized carbons (Fsp3) is 0.375. The van der Waals surface area contributed by atoms with Gasteiger partial charge in [0.05, 0.1) is 13.0 Å². The lowest BCUT2D eigenvalue weighted by Gasteiger charge is -2.03. The Labute approximate surface area is 119 Å². The number of carbonyl (C=O) groups is 2. The zero-order valence-corrected chi connectivity index (χ0v) is 11.8. The van der Waals surface area contributed by atoms with Gasteiger partial charge in [-0.1, -0.05) is 42.5 Å². The second-order valence-corrected chi connectivity index (χ2v) is 4.26. The van der Waals surface area contributed by atoms with Gasteiger partial charge in [0.25, 0.3) is 0 Å². The highest BCUT2D eigenvalue weighted by molar-refractivity contribution is 5.81. The number of benzene rings is 1. The molecular weight excluding hydrogens is 254 g/mol. The Morgan fingerprint density at radius 1 is 1.20 bits per heavy atom. The summed E-state index contributed by atoms with van der Waals surface area (Å²) in [6.07, 6.45) is 5.12. The molecule has 0 heterocycles. The van der Waals surface area contributed by atoms with Gasteiger partial charge in [-0.25, -0.2) is 0 Å². The quantitative estimate of drug-likeness (QED) is 0.586. The van der Waals surface area contributed by atoms with Crippen LogP contribution >= 0.6 is 0 Å². The molecule has 20 heavy (non-hydrogen) atoms. The Bertz CT molecular complexity index is 440. The van der Waals surface area contributed by atoms with Gasteiger partial charge in [-0.3, -0.25) is 9.59 Å². The average Bonchev–Trinajstić information content (AvgIpc) is 2.46. The number of hydrogen-bond donors (Lipinski definition) is 1. The molecule has 0 saturated carbocycles. The molecule has 0 spiro atoms. The van der Waals surface area contributed by atoms with Crippen molar-refractivity contribution in [1.29, 1.82) is 0 Å². The first-order valence-electron chi connectivity index (χ1n) is 6.86. The summed E-state index contributed by atoms with van der Waals surface area (Å²) < 4.78 is 4.75. The molecular formula is C16H21NO3. The molecule has 0 aliphatic rings. The van der Waals surface area contributed by atoms with Crippen molar-refractivity contribution in [2.75, 3.05) is 13.2 Å². The lowest BCUT2D eigenvalue weighted by Crippen LogP contribution is -2.24. The fourth-order valence-corrected chi connectivity index (χ4v) is 1.62. The van der Waals surface area contributed by atoms with Crippen molar-refractivity contribution in [1.82, 2.24) is 5.32 Å². The van der Waals surface area contributed by atoms with E-state index in [2.05, 4.69) is 5.32 Å². The second kappa shape index (κ2) is 9.78. The molecule has 0 radical (unpaired) electrons. The summed E-state index contributed by atoms with van der Waals surface area (Å²) >= 11 is 0. The van der Waals surface area contributed by atoms with E-state index in [1.807, 2.05) is 42.5 Å². The van der Waals surface area contributed by atoms with Gasteiger partial charge in [0.1, 0.15) is 0 Å². The van der Waals surface area contributed by atoms with Crippen molar-refractivity contribution >= 4 is 18.0 Å². The van der Waals surface area contributed by atoms with Gasteiger partial charge in [0.15, 0.2) is 0 Å². The number of nitrogens with one attached hydrogen (secondary N) is 1. The molecule has 0 saturated heterocycles. The number of amides is 1. The van der Waals surface area contributed by atoms with E-state index in [4.69, 9.17) is 4.74 Å². The number of hydrogen-bond acceptors (Lipinski definition) is 3. The van der Waals surface area contributed by atoms with E-state index in [1.165, 1.54) is 0 Å². The first kappa shape index (κ1) is 16.0.